The van der Waals surface area contributed by atoms with E-state index in [9.17, 15) is 13.2 Å². The molecule has 1 heterocycles. The number of anilines is 1. The van der Waals surface area contributed by atoms with Gasteiger partial charge in [0.2, 0.25) is 10.0 Å². The van der Waals surface area contributed by atoms with Crippen LogP contribution < -0.4 is 5.32 Å². The third kappa shape index (κ3) is 3.80. The van der Waals surface area contributed by atoms with E-state index in [1.165, 1.54) is 10.4 Å². The lowest BCUT2D eigenvalue weighted by molar-refractivity contribution is 0.0997. The van der Waals surface area contributed by atoms with Crippen molar-refractivity contribution in [3.05, 3.63) is 58.8 Å². The van der Waals surface area contributed by atoms with Crippen molar-refractivity contribution in [1.29, 1.82) is 0 Å². The summed E-state index contributed by atoms with van der Waals surface area (Å²) in [5.74, 6) is -0.182. The summed E-state index contributed by atoms with van der Waals surface area (Å²) in [7, 11) is -3.63. The first-order valence-electron chi connectivity index (χ1n) is 9.61. The molecule has 0 saturated carbocycles. The Kier molecular flexibility index (Phi) is 5.82. The van der Waals surface area contributed by atoms with E-state index < -0.39 is 15.9 Å². The van der Waals surface area contributed by atoms with Gasteiger partial charge in [-0.15, -0.1) is 0 Å². The summed E-state index contributed by atoms with van der Waals surface area (Å²) < 4.78 is 33.0. The van der Waals surface area contributed by atoms with Crippen LogP contribution in [0.1, 0.15) is 41.1 Å². The number of furan rings is 1. The Morgan fingerprint density at radius 3 is 2.31 bits per heavy atom. The third-order valence-corrected chi connectivity index (χ3v) is 7.31. The highest BCUT2D eigenvalue weighted by molar-refractivity contribution is 7.89. The van der Waals surface area contributed by atoms with Crippen molar-refractivity contribution in [3.63, 3.8) is 0 Å². The minimum Gasteiger partial charge on any atom is -0.451 e. The van der Waals surface area contributed by atoms with Crippen LogP contribution in [-0.4, -0.2) is 31.7 Å². The summed E-state index contributed by atoms with van der Waals surface area (Å²) in [6.07, 6.45) is 0. The van der Waals surface area contributed by atoms with Crippen LogP contribution in [0.25, 0.3) is 11.0 Å². The Balaban J connectivity index is 2.01. The van der Waals surface area contributed by atoms with E-state index in [0.717, 1.165) is 22.1 Å². The predicted octanol–water partition coefficient (Wildman–Crippen LogP) is 4.64. The molecule has 0 fully saturated rings. The van der Waals surface area contributed by atoms with E-state index in [4.69, 9.17) is 4.42 Å². The molecule has 154 valence electrons. The zero-order chi connectivity index (χ0) is 21.3. The predicted molar refractivity (Wildman–Crippen MR) is 115 cm³/mol. The minimum absolute atomic E-state index is 0.168. The maximum atomic E-state index is 12.9. The lowest BCUT2D eigenvalue weighted by Gasteiger charge is -2.20. The Morgan fingerprint density at radius 2 is 1.69 bits per heavy atom. The van der Waals surface area contributed by atoms with Gasteiger partial charge in [0, 0.05) is 29.7 Å². The molecule has 3 aromatic rings. The second-order valence-electron chi connectivity index (χ2n) is 7.01. The Bertz CT molecular complexity index is 1170. The van der Waals surface area contributed by atoms with Crippen molar-refractivity contribution in [1.82, 2.24) is 4.31 Å². The van der Waals surface area contributed by atoms with Crippen molar-refractivity contribution in [2.24, 2.45) is 0 Å². The van der Waals surface area contributed by atoms with Gasteiger partial charge in [0.15, 0.2) is 5.76 Å². The number of sulfonamides is 1. The molecule has 0 aliphatic carbocycles. The van der Waals surface area contributed by atoms with Crippen molar-refractivity contribution in [3.8, 4) is 0 Å². The number of nitrogens with one attached hydrogen (secondary N) is 1. The lowest BCUT2D eigenvalue weighted by Crippen LogP contribution is -2.30. The van der Waals surface area contributed by atoms with Gasteiger partial charge in [-0.25, -0.2) is 8.42 Å². The molecule has 0 atom stereocenters. The highest BCUT2D eigenvalue weighted by atomic mass is 32.2. The number of hydrogen-bond donors (Lipinski definition) is 1. The molecule has 29 heavy (non-hydrogen) atoms. The highest BCUT2D eigenvalue weighted by Gasteiger charge is 2.24. The van der Waals surface area contributed by atoms with Crippen molar-refractivity contribution in [2.45, 2.75) is 39.5 Å². The van der Waals surface area contributed by atoms with Gasteiger partial charge >= 0.3 is 0 Å². The standard InChI is InChI=1S/C22H26N2O4S/c1-6-24(7-2)29(26,27)17-12-14(3)15(4)19(13-17)23-22(25)21-16(5)18-10-8-9-11-20(18)28-21/h8-13H,6-7H2,1-5H3,(H,23,25). The zero-order valence-electron chi connectivity index (χ0n) is 17.4. The van der Waals surface area contributed by atoms with Crippen LogP contribution in [0.5, 0.6) is 0 Å². The van der Waals surface area contributed by atoms with Crippen molar-refractivity contribution in [2.75, 3.05) is 18.4 Å². The fourth-order valence-corrected chi connectivity index (χ4v) is 4.96. The third-order valence-electron chi connectivity index (χ3n) is 5.28. The first-order chi connectivity index (χ1) is 13.7. The number of carbonyl (C=O) groups is 1. The molecule has 7 heteroatoms. The van der Waals surface area contributed by atoms with E-state index in [-0.39, 0.29) is 10.7 Å². The molecule has 0 saturated heterocycles. The van der Waals surface area contributed by atoms with E-state index >= 15 is 0 Å². The zero-order valence-corrected chi connectivity index (χ0v) is 18.2. The molecule has 1 amide bonds. The Labute approximate surface area is 171 Å². The average Bonchev–Trinajstić information content (AvgIpc) is 3.03. The van der Waals surface area contributed by atoms with Crippen LogP contribution in [0, 0.1) is 20.8 Å². The summed E-state index contributed by atoms with van der Waals surface area (Å²) in [6, 6.07) is 10.6. The molecule has 6 nitrogen and oxygen atoms in total. The number of rotatable bonds is 6. The van der Waals surface area contributed by atoms with Gasteiger partial charge in [-0.2, -0.15) is 4.31 Å². The minimum atomic E-state index is -3.63. The molecule has 0 bridgehead atoms. The number of carbonyl (C=O) groups excluding carboxylic acids is 1. The van der Waals surface area contributed by atoms with E-state index in [2.05, 4.69) is 5.32 Å². The highest BCUT2D eigenvalue weighted by Crippen LogP contribution is 2.29. The summed E-state index contributed by atoms with van der Waals surface area (Å²) in [5.41, 5.74) is 3.45. The molecule has 0 unspecified atom stereocenters. The van der Waals surface area contributed by atoms with Crippen LogP contribution in [0.3, 0.4) is 0 Å². The number of amides is 1. The van der Waals surface area contributed by atoms with Crippen molar-refractivity contribution >= 4 is 32.6 Å². The molecular formula is C22H26N2O4S. The Morgan fingerprint density at radius 1 is 1.03 bits per heavy atom. The molecule has 2 aromatic carbocycles. The number of benzene rings is 2. The SMILES string of the molecule is CCN(CC)S(=O)(=O)c1cc(C)c(C)c(NC(=O)c2oc3ccccc3c2C)c1. The van der Waals surface area contributed by atoms with Crippen LogP contribution in [0.15, 0.2) is 45.7 Å². The fourth-order valence-electron chi connectivity index (χ4n) is 3.39. The van der Waals surface area contributed by atoms with Gasteiger partial charge < -0.3 is 9.73 Å². The average molecular weight is 415 g/mol. The fraction of sp³-hybridized carbons (Fsp3) is 0.318. The second-order valence-corrected chi connectivity index (χ2v) is 8.95. The van der Waals surface area contributed by atoms with E-state index in [0.29, 0.717) is 24.4 Å². The molecule has 1 N–H and O–H groups in total. The lowest BCUT2D eigenvalue weighted by atomic mass is 10.1. The number of para-hydroxylation sites is 1. The van der Waals surface area contributed by atoms with E-state index in [1.54, 1.807) is 19.9 Å². The maximum absolute atomic E-state index is 12.9. The molecule has 3 rings (SSSR count). The number of fused-ring (bicyclic) bond motifs is 1. The van der Waals surface area contributed by atoms with Crippen molar-refractivity contribution < 1.29 is 17.6 Å². The second kappa shape index (κ2) is 8.00. The summed E-state index contributed by atoms with van der Waals surface area (Å²) in [6.45, 7) is 9.88. The molecule has 0 spiro atoms. The summed E-state index contributed by atoms with van der Waals surface area (Å²) in [5, 5.41) is 3.72. The Hall–Kier alpha value is -2.64. The van der Waals surface area contributed by atoms with Gasteiger partial charge in [-0.3, -0.25) is 4.79 Å². The van der Waals surface area contributed by atoms with E-state index in [1.807, 2.05) is 45.0 Å². The first kappa shape index (κ1) is 21.1. The molecule has 0 aliphatic heterocycles. The molecule has 0 radical (unpaired) electrons. The molecule has 0 aliphatic rings. The number of aryl methyl sites for hydroxylation is 2. The van der Waals surface area contributed by atoms with Gasteiger partial charge in [0.05, 0.1) is 4.90 Å². The first-order valence-corrected chi connectivity index (χ1v) is 11.1. The smallest absolute Gasteiger partial charge is 0.291 e. The number of hydrogen-bond acceptors (Lipinski definition) is 4. The molecule has 1 aromatic heterocycles. The normalized spacial score (nSPS) is 11.9. The van der Waals surface area contributed by atoms with Gasteiger partial charge in [0.1, 0.15) is 5.58 Å². The quantitative estimate of drug-likeness (QED) is 0.637. The largest absolute Gasteiger partial charge is 0.451 e. The molecular weight excluding hydrogens is 388 g/mol. The van der Waals surface area contributed by atoms with Crippen LogP contribution >= 0.6 is 0 Å². The van der Waals surface area contributed by atoms with Crippen LogP contribution in [-0.2, 0) is 10.0 Å². The van der Waals surface area contributed by atoms with Gasteiger partial charge in [-0.05, 0) is 50.1 Å². The monoisotopic (exact) mass is 414 g/mol. The topological polar surface area (TPSA) is 79.6 Å². The summed E-state index contributed by atoms with van der Waals surface area (Å²) >= 11 is 0. The van der Waals surface area contributed by atoms with Crippen LogP contribution in [0.4, 0.5) is 5.69 Å². The summed E-state index contributed by atoms with van der Waals surface area (Å²) in [4.78, 5) is 13.1. The maximum Gasteiger partial charge on any atom is 0.291 e. The van der Waals surface area contributed by atoms with Gasteiger partial charge in [0.25, 0.3) is 5.91 Å². The number of nitrogens with zero attached hydrogens (tertiary/aromatic N) is 1. The van der Waals surface area contributed by atoms with Gasteiger partial charge in [-0.1, -0.05) is 32.0 Å². The van der Waals surface area contributed by atoms with Crippen LogP contribution in [0.2, 0.25) is 0 Å².